The quantitative estimate of drug-likeness (QED) is 0.548. The van der Waals surface area contributed by atoms with Crippen LogP contribution in [0.25, 0.3) is 0 Å². The predicted octanol–water partition coefficient (Wildman–Crippen LogP) is 3.97. The van der Waals surface area contributed by atoms with Crippen molar-refractivity contribution in [2.75, 3.05) is 0 Å². The van der Waals surface area contributed by atoms with Crippen molar-refractivity contribution >= 4 is 23.7 Å². The molecule has 0 bridgehead atoms. The number of aryl methyl sites for hydroxylation is 2. The molecule has 1 aromatic heterocycles. The number of aromatic nitrogens is 2. The summed E-state index contributed by atoms with van der Waals surface area (Å²) in [4.78, 5) is 12.2. The van der Waals surface area contributed by atoms with Crippen molar-refractivity contribution in [3.05, 3.63) is 87.7 Å². The molecule has 0 saturated carbocycles. The molecule has 0 aliphatic rings. The summed E-state index contributed by atoms with van der Waals surface area (Å²) in [6.07, 6.45) is 1.56. The second-order valence-corrected chi connectivity index (χ2v) is 6.47. The molecule has 0 saturated heterocycles. The van der Waals surface area contributed by atoms with E-state index in [4.69, 9.17) is 11.6 Å². The maximum atomic E-state index is 12.2. The molecule has 1 amide bonds. The molecule has 2 aromatic carbocycles. The first-order valence-corrected chi connectivity index (χ1v) is 8.58. The van der Waals surface area contributed by atoms with E-state index in [9.17, 15) is 4.79 Å². The van der Waals surface area contributed by atoms with Gasteiger partial charge in [-0.15, -0.1) is 0 Å². The van der Waals surface area contributed by atoms with E-state index in [0.717, 1.165) is 22.5 Å². The van der Waals surface area contributed by atoms with Gasteiger partial charge in [-0.2, -0.15) is 10.2 Å². The normalized spacial score (nSPS) is 11.0. The molecule has 1 heterocycles. The summed E-state index contributed by atoms with van der Waals surface area (Å²) in [6, 6.07) is 16.7. The first-order chi connectivity index (χ1) is 12.5. The maximum Gasteiger partial charge on any atom is 0.271 e. The Balaban J connectivity index is 1.61. The summed E-state index contributed by atoms with van der Waals surface area (Å²) < 4.78 is 1.94. The fourth-order valence-electron chi connectivity index (χ4n) is 2.59. The second kappa shape index (κ2) is 7.97. The summed E-state index contributed by atoms with van der Waals surface area (Å²) in [6.45, 7) is 4.68. The van der Waals surface area contributed by atoms with Crippen LogP contribution in [0.5, 0.6) is 0 Å². The van der Waals surface area contributed by atoms with E-state index in [1.54, 1.807) is 30.5 Å². The highest BCUT2D eigenvalue weighted by atomic mass is 35.5. The number of halogens is 1. The number of hydrogen-bond donors (Lipinski definition) is 1. The van der Waals surface area contributed by atoms with Crippen LogP contribution >= 0.6 is 11.6 Å². The Labute approximate surface area is 157 Å². The molecule has 3 aromatic rings. The van der Waals surface area contributed by atoms with Gasteiger partial charge in [-0.25, -0.2) is 5.43 Å². The van der Waals surface area contributed by atoms with Crippen LogP contribution < -0.4 is 5.43 Å². The third kappa shape index (κ3) is 4.58. The van der Waals surface area contributed by atoms with Gasteiger partial charge in [0.25, 0.3) is 5.91 Å². The summed E-state index contributed by atoms with van der Waals surface area (Å²) >= 11 is 5.91. The number of amides is 1. The number of hydrogen-bond acceptors (Lipinski definition) is 3. The molecule has 0 radical (unpaired) electrons. The zero-order valence-electron chi connectivity index (χ0n) is 14.6. The first kappa shape index (κ1) is 17.9. The van der Waals surface area contributed by atoms with Gasteiger partial charge in [0.2, 0.25) is 0 Å². The van der Waals surface area contributed by atoms with Crippen LogP contribution in [0.1, 0.15) is 32.9 Å². The van der Waals surface area contributed by atoms with E-state index in [1.165, 1.54) is 0 Å². The lowest BCUT2D eigenvalue weighted by Crippen LogP contribution is -2.17. The average Bonchev–Trinajstić information content (AvgIpc) is 2.93. The van der Waals surface area contributed by atoms with Crippen LogP contribution in [0.15, 0.2) is 59.7 Å². The van der Waals surface area contributed by atoms with Gasteiger partial charge < -0.3 is 0 Å². The largest absolute Gasteiger partial charge is 0.271 e. The lowest BCUT2D eigenvalue weighted by Gasteiger charge is -2.06. The molecule has 1 N–H and O–H groups in total. The number of carbonyl (C=O) groups excluding carboxylic acids is 1. The highest BCUT2D eigenvalue weighted by Gasteiger charge is 2.06. The minimum Gasteiger partial charge on any atom is -0.267 e. The minimum absolute atomic E-state index is 0.263. The Bertz CT molecular complexity index is 945. The average molecular weight is 367 g/mol. The number of hydrazone groups is 1. The van der Waals surface area contributed by atoms with Crippen LogP contribution in [0, 0.1) is 13.8 Å². The Morgan fingerprint density at radius 3 is 2.62 bits per heavy atom. The number of benzene rings is 2. The highest BCUT2D eigenvalue weighted by Crippen LogP contribution is 2.10. The van der Waals surface area contributed by atoms with Crippen LogP contribution in [0.3, 0.4) is 0 Å². The van der Waals surface area contributed by atoms with E-state index in [-0.39, 0.29) is 5.91 Å². The van der Waals surface area contributed by atoms with E-state index < -0.39 is 0 Å². The van der Waals surface area contributed by atoms with Gasteiger partial charge in [-0.3, -0.25) is 9.48 Å². The fourth-order valence-corrected chi connectivity index (χ4v) is 2.79. The van der Waals surface area contributed by atoms with E-state index in [1.807, 2.05) is 48.9 Å². The van der Waals surface area contributed by atoms with Crippen molar-refractivity contribution in [1.29, 1.82) is 0 Å². The fraction of sp³-hybridized carbons (Fsp3) is 0.150. The minimum atomic E-state index is -0.263. The topological polar surface area (TPSA) is 59.3 Å². The Morgan fingerprint density at radius 2 is 1.96 bits per heavy atom. The lowest BCUT2D eigenvalue weighted by atomic mass is 10.1. The summed E-state index contributed by atoms with van der Waals surface area (Å²) in [5, 5.41) is 9.04. The monoisotopic (exact) mass is 366 g/mol. The Kier molecular flexibility index (Phi) is 5.49. The second-order valence-electron chi connectivity index (χ2n) is 6.04. The molecule has 0 spiro atoms. The van der Waals surface area contributed by atoms with Crippen molar-refractivity contribution < 1.29 is 4.79 Å². The SMILES string of the molecule is Cc1cc(C)n(Cc2ccc(C(=O)NN=Cc3cccc(Cl)c3)cc2)n1. The van der Waals surface area contributed by atoms with Gasteiger partial charge >= 0.3 is 0 Å². The lowest BCUT2D eigenvalue weighted by molar-refractivity contribution is 0.0955. The van der Waals surface area contributed by atoms with Gasteiger partial charge in [0, 0.05) is 16.3 Å². The first-order valence-electron chi connectivity index (χ1n) is 8.20. The molecule has 132 valence electrons. The number of nitrogens with one attached hydrogen (secondary N) is 1. The third-order valence-electron chi connectivity index (χ3n) is 3.88. The molecule has 0 aliphatic heterocycles. The highest BCUT2D eigenvalue weighted by molar-refractivity contribution is 6.30. The van der Waals surface area contributed by atoms with Crippen LogP contribution in [0.4, 0.5) is 0 Å². The van der Waals surface area contributed by atoms with Crippen molar-refractivity contribution in [1.82, 2.24) is 15.2 Å². The zero-order chi connectivity index (χ0) is 18.5. The van der Waals surface area contributed by atoms with Gasteiger partial charge in [0.1, 0.15) is 0 Å². The van der Waals surface area contributed by atoms with Crippen LogP contribution in [-0.2, 0) is 6.54 Å². The summed E-state index contributed by atoms with van der Waals surface area (Å²) in [7, 11) is 0. The molecule has 3 rings (SSSR count). The number of nitrogens with zero attached hydrogens (tertiary/aromatic N) is 3. The van der Waals surface area contributed by atoms with Gasteiger partial charge in [-0.05, 0) is 55.3 Å². The van der Waals surface area contributed by atoms with Crippen molar-refractivity contribution in [3.8, 4) is 0 Å². The number of carbonyl (C=O) groups is 1. The molecule has 0 atom stereocenters. The zero-order valence-corrected chi connectivity index (χ0v) is 15.4. The Hall–Kier alpha value is -2.92. The molecule has 6 heteroatoms. The number of rotatable bonds is 5. The molecule has 26 heavy (non-hydrogen) atoms. The summed E-state index contributed by atoms with van der Waals surface area (Å²) in [5.41, 5.74) is 7.07. The van der Waals surface area contributed by atoms with Crippen molar-refractivity contribution in [2.45, 2.75) is 20.4 Å². The van der Waals surface area contributed by atoms with E-state index >= 15 is 0 Å². The third-order valence-corrected chi connectivity index (χ3v) is 4.12. The standard InChI is InChI=1S/C20H19ClN4O/c1-14-10-15(2)25(24-14)13-16-6-8-18(9-7-16)20(26)23-22-12-17-4-3-5-19(21)11-17/h3-12H,13H2,1-2H3,(H,23,26). The maximum absolute atomic E-state index is 12.2. The van der Waals surface area contributed by atoms with Crippen molar-refractivity contribution in [2.24, 2.45) is 5.10 Å². The van der Waals surface area contributed by atoms with Gasteiger partial charge in [0.05, 0.1) is 18.5 Å². The molecule has 0 unspecified atom stereocenters. The predicted molar refractivity (Wildman–Crippen MR) is 104 cm³/mol. The van der Waals surface area contributed by atoms with Crippen LogP contribution in [0.2, 0.25) is 5.02 Å². The summed E-state index contributed by atoms with van der Waals surface area (Å²) in [5.74, 6) is -0.263. The van der Waals surface area contributed by atoms with Gasteiger partial charge in [0.15, 0.2) is 0 Å². The van der Waals surface area contributed by atoms with E-state index in [2.05, 4.69) is 15.6 Å². The molecular formula is C20H19ClN4O. The van der Waals surface area contributed by atoms with Crippen LogP contribution in [-0.4, -0.2) is 21.9 Å². The molecule has 5 nitrogen and oxygen atoms in total. The van der Waals surface area contributed by atoms with Gasteiger partial charge in [-0.1, -0.05) is 35.9 Å². The molecule has 0 fully saturated rings. The van der Waals surface area contributed by atoms with E-state index in [0.29, 0.717) is 17.1 Å². The van der Waals surface area contributed by atoms with Crippen molar-refractivity contribution in [3.63, 3.8) is 0 Å². The molecule has 0 aliphatic carbocycles. The molecular weight excluding hydrogens is 348 g/mol. The smallest absolute Gasteiger partial charge is 0.267 e. The Morgan fingerprint density at radius 1 is 1.19 bits per heavy atom.